The number of aromatic amines is 1. The molecule has 0 aliphatic rings. The number of benzene rings is 1. The second-order valence-electron chi connectivity index (χ2n) is 4.05. The lowest BCUT2D eigenvalue weighted by atomic mass is 10.1. The average Bonchev–Trinajstić information content (AvgIpc) is 2.77. The number of thioether (sulfide) groups is 1. The lowest BCUT2D eigenvalue weighted by molar-refractivity contribution is 0.204. The van der Waals surface area contributed by atoms with Crippen LogP contribution in [-0.4, -0.2) is 25.6 Å². The number of aliphatic hydroxyl groups is 1. The smallest absolute Gasteiger partial charge is 0.343 e. The molecule has 0 bridgehead atoms. The first-order valence-corrected chi connectivity index (χ1v) is 6.92. The van der Waals surface area contributed by atoms with Crippen molar-refractivity contribution in [3.63, 3.8) is 0 Å². The Morgan fingerprint density at radius 2 is 2.16 bits per heavy atom. The molecule has 0 aliphatic heterocycles. The molecular weight excluding hydrogens is 264 g/mol. The number of hydrogen-bond donors (Lipinski definition) is 3. The first kappa shape index (κ1) is 13.7. The number of aromatic nitrogens is 3. The summed E-state index contributed by atoms with van der Waals surface area (Å²) in [7, 11) is 0. The Bertz CT molecular complexity index is 591. The van der Waals surface area contributed by atoms with Crippen molar-refractivity contribution >= 4 is 17.4 Å². The van der Waals surface area contributed by atoms with Crippen LogP contribution in [0.5, 0.6) is 0 Å². The van der Waals surface area contributed by atoms with Crippen LogP contribution in [0.25, 0.3) is 0 Å². The lowest BCUT2D eigenvalue weighted by Gasteiger charge is -2.10. The third-order valence-electron chi connectivity index (χ3n) is 2.73. The first-order chi connectivity index (χ1) is 9.11. The molecule has 0 aliphatic carbocycles. The second kappa shape index (κ2) is 5.94. The van der Waals surface area contributed by atoms with Gasteiger partial charge in [0.2, 0.25) is 0 Å². The fourth-order valence-electron chi connectivity index (χ4n) is 1.66. The Morgan fingerprint density at radius 3 is 2.79 bits per heavy atom. The zero-order valence-corrected chi connectivity index (χ0v) is 11.4. The first-order valence-electron chi connectivity index (χ1n) is 5.93. The van der Waals surface area contributed by atoms with Gasteiger partial charge in [-0.2, -0.15) is 0 Å². The summed E-state index contributed by atoms with van der Waals surface area (Å²) in [5.74, 6) is 0.425. The number of nitrogens with one attached hydrogen (secondary N) is 1. The van der Waals surface area contributed by atoms with Crippen molar-refractivity contribution in [2.24, 2.45) is 0 Å². The highest BCUT2D eigenvalue weighted by molar-refractivity contribution is 7.99. The normalized spacial score (nSPS) is 12.5. The van der Waals surface area contributed by atoms with Crippen molar-refractivity contribution in [3.8, 4) is 0 Å². The molecule has 2 rings (SSSR count). The van der Waals surface area contributed by atoms with Crippen molar-refractivity contribution in [1.29, 1.82) is 0 Å². The van der Waals surface area contributed by atoms with E-state index in [-0.39, 0.29) is 5.69 Å². The molecule has 4 N–H and O–H groups in total. The summed E-state index contributed by atoms with van der Waals surface area (Å²) in [4.78, 5) is 11.4. The van der Waals surface area contributed by atoms with Gasteiger partial charge in [0.25, 0.3) is 0 Å². The molecule has 102 valence electrons. The molecule has 0 fully saturated rings. The van der Waals surface area contributed by atoms with Gasteiger partial charge in [-0.05, 0) is 24.6 Å². The standard InChI is InChI=1S/C12H16N4O2S/c1-2-16-11(18)14-15-12(16)19-7-10(17)8-3-5-9(13)6-4-8/h3-6,10,17H,2,7,13H2,1H3,(H,14,18). The molecule has 0 spiro atoms. The number of hydrogen-bond acceptors (Lipinski definition) is 5. The molecule has 1 aromatic heterocycles. The Kier molecular flexibility index (Phi) is 4.28. The number of nitrogens with two attached hydrogens (primary N) is 1. The van der Waals surface area contributed by atoms with Gasteiger partial charge >= 0.3 is 5.69 Å². The Hall–Kier alpha value is -1.73. The van der Waals surface area contributed by atoms with E-state index in [4.69, 9.17) is 5.73 Å². The van der Waals surface area contributed by atoms with E-state index in [0.29, 0.717) is 23.1 Å². The van der Waals surface area contributed by atoms with Crippen LogP contribution in [-0.2, 0) is 6.54 Å². The Balaban J connectivity index is 2.02. The zero-order chi connectivity index (χ0) is 13.8. The van der Waals surface area contributed by atoms with Gasteiger partial charge in [-0.3, -0.25) is 4.57 Å². The summed E-state index contributed by atoms with van der Waals surface area (Å²) in [6.45, 7) is 2.42. The number of anilines is 1. The summed E-state index contributed by atoms with van der Waals surface area (Å²) >= 11 is 1.34. The minimum absolute atomic E-state index is 0.230. The van der Waals surface area contributed by atoms with Gasteiger partial charge in [0.15, 0.2) is 5.16 Å². The van der Waals surface area contributed by atoms with Crippen LogP contribution >= 0.6 is 11.8 Å². The second-order valence-corrected chi connectivity index (χ2v) is 5.04. The van der Waals surface area contributed by atoms with E-state index in [0.717, 1.165) is 5.56 Å². The number of H-pyrrole nitrogens is 1. The third kappa shape index (κ3) is 3.18. The predicted octanol–water partition coefficient (Wildman–Crippen LogP) is 0.999. The van der Waals surface area contributed by atoms with Gasteiger partial charge in [-0.15, -0.1) is 5.10 Å². The van der Waals surface area contributed by atoms with E-state index < -0.39 is 6.10 Å². The molecular formula is C12H16N4O2S. The number of nitrogen functional groups attached to an aromatic ring is 1. The van der Waals surface area contributed by atoms with Crippen molar-refractivity contribution in [2.75, 3.05) is 11.5 Å². The minimum atomic E-state index is -0.622. The molecule has 0 saturated heterocycles. The summed E-state index contributed by atoms with van der Waals surface area (Å²) < 4.78 is 1.53. The van der Waals surface area contributed by atoms with Crippen molar-refractivity contribution in [2.45, 2.75) is 24.7 Å². The van der Waals surface area contributed by atoms with Crippen molar-refractivity contribution < 1.29 is 5.11 Å². The summed E-state index contributed by atoms with van der Waals surface area (Å²) in [6.07, 6.45) is -0.622. The molecule has 0 saturated carbocycles. The van der Waals surface area contributed by atoms with E-state index in [1.807, 2.05) is 6.92 Å². The Morgan fingerprint density at radius 1 is 1.47 bits per heavy atom. The summed E-state index contributed by atoms with van der Waals surface area (Å²) in [5.41, 5.74) is 6.82. The molecule has 7 heteroatoms. The van der Waals surface area contributed by atoms with Crippen LogP contribution in [0.2, 0.25) is 0 Å². The lowest BCUT2D eigenvalue weighted by Crippen LogP contribution is -2.16. The zero-order valence-electron chi connectivity index (χ0n) is 10.5. The van der Waals surface area contributed by atoms with E-state index in [2.05, 4.69) is 10.2 Å². The van der Waals surface area contributed by atoms with Gasteiger partial charge in [-0.25, -0.2) is 9.89 Å². The topological polar surface area (TPSA) is 96.9 Å². The van der Waals surface area contributed by atoms with Crippen LogP contribution < -0.4 is 11.4 Å². The van der Waals surface area contributed by atoms with Crippen molar-refractivity contribution in [3.05, 3.63) is 40.3 Å². The highest BCUT2D eigenvalue weighted by Gasteiger charge is 2.12. The van der Waals surface area contributed by atoms with Crippen molar-refractivity contribution in [1.82, 2.24) is 14.8 Å². The molecule has 1 heterocycles. The highest BCUT2D eigenvalue weighted by atomic mass is 32.2. The van der Waals surface area contributed by atoms with E-state index in [9.17, 15) is 9.90 Å². The molecule has 1 unspecified atom stereocenters. The van der Waals surface area contributed by atoms with Crippen LogP contribution in [0.3, 0.4) is 0 Å². The van der Waals surface area contributed by atoms with Crippen LogP contribution in [0.1, 0.15) is 18.6 Å². The SMILES string of the molecule is CCn1c(SCC(O)c2ccc(N)cc2)n[nH]c1=O. The fourth-order valence-corrected chi connectivity index (χ4v) is 2.64. The number of nitrogens with zero attached hydrogens (tertiary/aromatic N) is 2. The molecule has 6 nitrogen and oxygen atoms in total. The molecule has 1 aromatic carbocycles. The molecule has 0 amide bonds. The quantitative estimate of drug-likeness (QED) is 0.561. The van der Waals surface area contributed by atoms with Gasteiger partial charge < -0.3 is 10.8 Å². The maximum absolute atomic E-state index is 11.4. The van der Waals surface area contributed by atoms with Crippen LogP contribution in [0.15, 0.2) is 34.2 Å². The molecule has 0 radical (unpaired) electrons. The molecule has 1 atom stereocenters. The summed E-state index contributed by atoms with van der Waals surface area (Å²) in [6, 6.07) is 7.08. The molecule has 19 heavy (non-hydrogen) atoms. The van der Waals surface area contributed by atoms with Crippen LogP contribution in [0, 0.1) is 0 Å². The summed E-state index contributed by atoms with van der Waals surface area (Å²) in [5, 5.41) is 17.0. The largest absolute Gasteiger partial charge is 0.399 e. The fraction of sp³-hybridized carbons (Fsp3) is 0.333. The van der Waals surface area contributed by atoms with Gasteiger partial charge in [0, 0.05) is 18.0 Å². The maximum atomic E-state index is 11.4. The van der Waals surface area contributed by atoms with E-state index >= 15 is 0 Å². The average molecular weight is 280 g/mol. The van der Waals surface area contributed by atoms with Gasteiger partial charge in [0.1, 0.15) is 0 Å². The highest BCUT2D eigenvalue weighted by Crippen LogP contribution is 2.23. The van der Waals surface area contributed by atoms with Gasteiger partial charge in [-0.1, -0.05) is 23.9 Å². The van der Waals surface area contributed by atoms with Crippen LogP contribution in [0.4, 0.5) is 5.69 Å². The van der Waals surface area contributed by atoms with E-state index in [1.54, 1.807) is 24.3 Å². The minimum Gasteiger partial charge on any atom is -0.399 e. The number of rotatable bonds is 5. The van der Waals surface area contributed by atoms with E-state index in [1.165, 1.54) is 16.3 Å². The number of aliphatic hydroxyl groups excluding tert-OH is 1. The third-order valence-corrected chi connectivity index (χ3v) is 3.78. The van der Waals surface area contributed by atoms with Gasteiger partial charge in [0.05, 0.1) is 6.10 Å². The Labute approximate surface area is 114 Å². The predicted molar refractivity (Wildman–Crippen MR) is 75.1 cm³/mol. The molecule has 2 aromatic rings. The monoisotopic (exact) mass is 280 g/mol. The maximum Gasteiger partial charge on any atom is 0.343 e.